The maximum absolute atomic E-state index is 13.3. The molecular formula is C16H24FNO3. The quantitative estimate of drug-likeness (QED) is 0.747. The van der Waals surface area contributed by atoms with Gasteiger partial charge in [-0.05, 0) is 25.1 Å². The number of ether oxygens (including phenoxy) is 3. The van der Waals surface area contributed by atoms with Crippen molar-refractivity contribution in [1.82, 2.24) is 5.32 Å². The summed E-state index contributed by atoms with van der Waals surface area (Å²) >= 11 is 0. The molecule has 3 unspecified atom stereocenters. The van der Waals surface area contributed by atoms with E-state index in [1.807, 2.05) is 6.92 Å². The molecule has 118 valence electrons. The molecule has 0 heterocycles. The molecule has 4 nitrogen and oxygen atoms in total. The molecule has 0 bridgehead atoms. The highest BCUT2D eigenvalue weighted by Crippen LogP contribution is 2.31. The van der Waals surface area contributed by atoms with Crippen LogP contribution >= 0.6 is 0 Å². The lowest BCUT2D eigenvalue weighted by Gasteiger charge is -2.44. The van der Waals surface area contributed by atoms with E-state index >= 15 is 0 Å². The van der Waals surface area contributed by atoms with Gasteiger partial charge in [-0.25, -0.2) is 4.39 Å². The Kier molecular flexibility index (Phi) is 5.96. The fourth-order valence-electron chi connectivity index (χ4n) is 2.51. The Morgan fingerprint density at radius 3 is 2.86 bits per heavy atom. The van der Waals surface area contributed by atoms with Gasteiger partial charge in [-0.3, -0.25) is 0 Å². The van der Waals surface area contributed by atoms with Crippen LogP contribution in [0.2, 0.25) is 0 Å². The Morgan fingerprint density at radius 2 is 2.14 bits per heavy atom. The van der Waals surface area contributed by atoms with E-state index in [1.54, 1.807) is 13.2 Å². The van der Waals surface area contributed by atoms with Crippen molar-refractivity contribution in [3.05, 3.63) is 29.6 Å². The SMILES string of the molecule is CCNC1CC(Oc2cc(F)ccc2C)C1OCCOC. The second-order valence-electron chi connectivity index (χ2n) is 5.29. The second-order valence-corrected chi connectivity index (χ2v) is 5.29. The van der Waals surface area contributed by atoms with Crippen LogP contribution in [-0.2, 0) is 9.47 Å². The molecular weight excluding hydrogens is 273 g/mol. The molecule has 21 heavy (non-hydrogen) atoms. The molecule has 0 radical (unpaired) electrons. The third kappa shape index (κ3) is 4.15. The van der Waals surface area contributed by atoms with Crippen LogP contribution in [0.1, 0.15) is 18.9 Å². The molecule has 1 aliphatic carbocycles. The Bertz CT molecular complexity index is 455. The van der Waals surface area contributed by atoms with Crippen molar-refractivity contribution in [2.24, 2.45) is 0 Å². The first-order valence-electron chi connectivity index (χ1n) is 7.42. The lowest BCUT2D eigenvalue weighted by molar-refractivity contribution is -0.115. The average molecular weight is 297 g/mol. The van der Waals surface area contributed by atoms with Crippen LogP contribution in [-0.4, -0.2) is 45.1 Å². The van der Waals surface area contributed by atoms with Gasteiger partial charge in [-0.1, -0.05) is 13.0 Å². The van der Waals surface area contributed by atoms with Gasteiger partial charge < -0.3 is 19.5 Å². The van der Waals surface area contributed by atoms with E-state index in [9.17, 15) is 4.39 Å². The van der Waals surface area contributed by atoms with Gasteiger partial charge in [-0.2, -0.15) is 0 Å². The predicted molar refractivity (Wildman–Crippen MR) is 79.3 cm³/mol. The average Bonchev–Trinajstić information content (AvgIpc) is 2.46. The first kappa shape index (κ1) is 16.2. The molecule has 0 saturated heterocycles. The van der Waals surface area contributed by atoms with E-state index in [4.69, 9.17) is 14.2 Å². The van der Waals surface area contributed by atoms with E-state index in [1.165, 1.54) is 12.1 Å². The molecule has 1 aliphatic rings. The number of aryl methyl sites for hydroxylation is 1. The van der Waals surface area contributed by atoms with Gasteiger partial charge >= 0.3 is 0 Å². The zero-order valence-electron chi connectivity index (χ0n) is 12.9. The molecule has 2 rings (SSSR count). The van der Waals surface area contributed by atoms with Crippen molar-refractivity contribution in [2.75, 3.05) is 26.9 Å². The smallest absolute Gasteiger partial charge is 0.128 e. The third-order valence-electron chi connectivity index (χ3n) is 3.74. The summed E-state index contributed by atoms with van der Waals surface area (Å²) in [6, 6.07) is 4.89. The highest BCUT2D eigenvalue weighted by molar-refractivity contribution is 5.33. The normalized spacial score (nSPS) is 24.7. The molecule has 1 N–H and O–H groups in total. The van der Waals surface area contributed by atoms with Crippen LogP contribution in [0.15, 0.2) is 18.2 Å². The van der Waals surface area contributed by atoms with Crippen molar-refractivity contribution in [3.63, 3.8) is 0 Å². The van der Waals surface area contributed by atoms with Gasteiger partial charge in [-0.15, -0.1) is 0 Å². The van der Waals surface area contributed by atoms with E-state index in [-0.39, 0.29) is 24.1 Å². The Balaban J connectivity index is 1.96. The lowest BCUT2D eigenvalue weighted by Crippen LogP contribution is -2.61. The summed E-state index contributed by atoms with van der Waals surface area (Å²) in [6.07, 6.45) is 0.788. The number of methoxy groups -OCH3 is 1. The molecule has 0 spiro atoms. The van der Waals surface area contributed by atoms with Gasteiger partial charge in [0.25, 0.3) is 0 Å². The maximum atomic E-state index is 13.3. The van der Waals surface area contributed by atoms with Crippen molar-refractivity contribution < 1.29 is 18.6 Å². The van der Waals surface area contributed by atoms with E-state index in [0.29, 0.717) is 19.0 Å². The molecule has 1 saturated carbocycles. The zero-order valence-corrected chi connectivity index (χ0v) is 12.9. The van der Waals surface area contributed by atoms with E-state index < -0.39 is 0 Å². The summed E-state index contributed by atoms with van der Waals surface area (Å²) in [7, 11) is 1.65. The summed E-state index contributed by atoms with van der Waals surface area (Å²) in [5.41, 5.74) is 0.930. The Morgan fingerprint density at radius 1 is 1.33 bits per heavy atom. The molecule has 1 fully saturated rings. The summed E-state index contributed by atoms with van der Waals surface area (Å²) in [5.74, 6) is 0.310. The van der Waals surface area contributed by atoms with Crippen LogP contribution in [0.5, 0.6) is 5.75 Å². The van der Waals surface area contributed by atoms with E-state index in [0.717, 1.165) is 18.5 Å². The topological polar surface area (TPSA) is 39.7 Å². The zero-order chi connectivity index (χ0) is 15.2. The monoisotopic (exact) mass is 297 g/mol. The number of hydrogen-bond acceptors (Lipinski definition) is 4. The van der Waals surface area contributed by atoms with Gasteiger partial charge in [0.15, 0.2) is 0 Å². The first-order chi connectivity index (χ1) is 10.2. The molecule has 0 aliphatic heterocycles. The minimum atomic E-state index is -0.282. The number of likely N-dealkylation sites (N-methyl/N-ethyl adjacent to an activating group) is 1. The number of hydrogen-bond donors (Lipinski definition) is 1. The summed E-state index contributed by atoms with van der Waals surface area (Å²) in [4.78, 5) is 0. The molecule has 1 aromatic carbocycles. The minimum Gasteiger partial charge on any atom is -0.487 e. The van der Waals surface area contributed by atoms with Crippen LogP contribution < -0.4 is 10.1 Å². The van der Waals surface area contributed by atoms with Crippen LogP contribution in [0.25, 0.3) is 0 Å². The number of nitrogens with one attached hydrogen (secondary N) is 1. The molecule has 1 aromatic rings. The molecule has 5 heteroatoms. The van der Waals surface area contributed by atoms with Crippen LogP contribution in [0, 0.1) is 12.7 Å². The fourth-order valence-corrected chi connectivity index (χ4v) is 2.51. The molecule has 3 atom stereocenters. The maximum Gasteiger partial charge on any atom is 0.128 e. The highest BCUT2D eigenvalue weighted by atomic mass is 19.1. The molecule has 0 amide bonds. The minimum absolute atomic E-state index is 0.0252. The standard InChI is InChI=1S/C16H24FNO3/c1-4-18-13-10-15(16(13)20-8-7-19-3)21-14-9-12(17)6-5-11(14)2/h5-6,9,13,15-16,18H,4,7-8,10H2,1-3H3. The summed E-state index contributed by atoms with van der Waals surface area (Å²) in [6.45, 7) is 5.96. The summed E-state index contributed by atoms with van der Waals surface area (Å²) in [5, 5.41) is 3.38. The largest absolute Gasteiger partial charge is 0.487 e. The summed E-state index contributed by atoms with van der Waals surface area (Å²) < 4.78 is 30.1. The van der Waals surface area contributed by atoms with E-state index in [2.05, 4.69) is 12.2 Å². The van der Waals surface area contributed by atoms with Crippen molar-refractivity contribution >= 4 is 0 Å². The second kappa shape index (κ2) is 7.73. The number of benzene rings is 1. The first-order valence-corrected chi connectivity index (χ1v) is 7.42. The van der Waals surface area contributed by atoms with Gasteiger partial charge in [0, 0.05) is 25.6 Å². The van der Waals surface area contributed by atoms with Gasteiger partial charge in [0.1, 0.15) is 23.8 Å². The van der Waals surface area contributed by atoms with Crippen molar-refractivity contribution in [2.45, 2.75) is 38.5 Å². The van der Waals surface area contributed by atoms with Crippen molar-refractivity contribution in [3.8, 4) is 5.75 Å². The van der Waals surface area contributed by atoms with Gasteiger partial charge in [0.2, 0.25) is 0 Å². The lowest BCUT2D eigenvalue weighted by atomic mass is 9.85. The Hall–Kier alpha value is -1.17. The van der Waals surface area contributed by atoms with Crippen molar-refractivity contribution in [1.29, 1.82) is 0 Å². The fraction of sp³-hybridized carbons (Fsp3) is 0.625. The number of halogens is 1. The van der Waals surface area contributed by atoms with Crippen LogP contribution in [0.3, 0.4) is 0 Å². The predicted octanol–water partition coefficient (Wildman–Crippen LogP) is 2.29. The van der Waals surface area contributed by atoms with Crippen LogP contribution in [0.4, 0.5) is 4.39 Å². The van der Waals surface area contributed by atoms with Gasteiger partial charge in [0.05, 0.1) is 13.2 Å². The number of rotatable bonds is 8. The molecule has 0 aromatic heterocycles. The highest BCUT2D eigenvalue weighted by Gasteiger charge is 2.43. The Labute approximate surface area is 125 Å². The third-order valence-corrected chi connectivity index (χ3v) is 3.74.